The van der Waals surface area contributed by atoms with Gasteiger partial charge in [-0.25, -0.2) is 4.79 Å². The second-order valence-corrected chi connectivity index (χ2v) is 4.16. The molecule has 0 aromatic rings. The molecule has 0 aromatic carbocycles. The largest absolute Gasteiger partial charge is 0.481 e. The molecule has 0 unspecified atom stereocenters. The van der Waals surface area contributed by atoms with Crippen LogP contribution in [0.5, 0.6) is 0 Å². The van der Waals surface area contributed by atoms with E-state index in [1.54, 1.807) is 0 Å². The number of carboxylic acid groups (broad SMARTS) is 1. The minimum Gasteiger partial charge on any atom is -0.481 e. The number of aliphatic carboxylic acids is 1. The highest BCUT2D eigenvalue weighted by atomic mass is 16.4. The molecule has 0 bridgehead atoms. The first-order valence-electron chi connectivity index (χ1n) is 6.56. The van der Waals surface area contributed by atoms with Crippen molar-refractivity contribution in [3.63, 3.8) is 0 Å². The molecule has 0 aromatic heterocycles. The van der Waals surface area contributed by atoms with E-state index in [9.17, 15) is 14.4 Å². The zero-order valence-electron chi connectivity index (χ0n) is 11.3. The van der Waals surface area contributed by atoms with Crippen LogP contribution in [0, 0.1) is 0 Å². The quantitative estimate of drug-likeness (QED) is 0.434. The predicted octanol–water partition coefficient (Wildman–Crippen LogP) is 0.457. The standard InChI is InChI=1S/C12H23N3O4/c1-2-7-13-10(16)9-15-12(19)14-8-5-3-4-6-11(17)18/h2-9H2,1H3,(H,13,16)(H,17,18)(H2,14,15,19). The summed E-state index contributed by atoms with van der Waals surface area (Å²) in [6.07, 6.45) is 3.10. The first-order valence-corrected chi connectivity index (χ1v) is 6.56. The molecule has 0 aliphatic heterocycles. The van der Waals surface area contributed by atoms with E-state index in [0.29, 0.717) is 19.5 Å². The Labute approximate surface area is 113 Å². The Morgan fingerprint density at radius 1 is 0.947 bits per heavy atom. The fraction of sp³-hybridized carbons (Fsp3) is 0.750. The SMILES string of the molecule is CCCNC(=O)CNC(=O)NCCCCCC(=O)O. The predicted molar refractivity (Wildman–Crippen MR) is 70.8 cm³/mol. The molecule has 0 fully saturated rings. The number of carbonyl (C=O) groups excluding carboxylic acids is 2. The van der Waals surface area contributed by atoms with Crippen molar-refractivity contribution in [2.75, 3.05) is 19.6 Å². The lowest BCUT2D eigenvalue weighted by Gasteiger charge is -2.07. The lowest BCUT2D eigenvalue weighted by molar-refractivity contribution is -0.137. The smallest absolute Gasteiger partial charge is 0.315 e. The van der Waals surface area contributed by atoms with Crippen molar-refractivity contribution in [2.24, 2.45) is 0 Å². The normalized spacial score (nSPS) is 9.74. The van der Waals surface area contributed by atoms with Crippen molar-refractivity contribution in [3.8, 4) is 0 Å². The highest BCUT2D eigenvalue weighted by Crippen LogP contribution is 1.98. The van der Waals surface area contributed by atoms with Gasteiger partial charge in [0.2, 0.25) is 5.91 Å². The maximum absolute atomic E-state index is 11.3. The molecule has 7 heteroatoms. The van der Waals surface area contributed by atoms with Gasteiger partial charge < -0.3 is 21.1 Å². The summed E-state index contributed by atoms with van der Waals surface area (Å²) in [7, 11) is 0. The molecular weight excluding hydrogens is 250 g/mol. The third-order valence-electron chi connectivity index (χ3n) is 2.33. The fourth-order valence-electron chi connectivity index (χ4n) is 1.33. The Morgan fingerprint density at radius 2 is 1.68 bits per heavy atom. The monoisotopic (exact) mass is 273 g/mol. The summed E-state index contributed by atoms with van der Waals surface area (Å²) in [4.78, 5) is 32.7. The van der Waals surface area contributed by atoms with Crippen molar-refractivity contribution < 1.29 is 19.5 Å². The first kappa shape index (κ1) is 17.2. The second-order valence-electron chi connectivity index (χ2n) is 4.16. The van der Waals surface area contributed by atoms with Crippen molar-refractivity contribution in [1.29, 1.82) is 0 Å². The molecule has 0 radical (unpaired) electrons. The maximum Gasteiger partial charge on any atom is 0.315 e. The van der Waals surface area contributed by atoms with Crippen LogP contribution in [0.15, 0.2) is 0 Å². The first-order chi connectivity index (χ1) is 9.06. The molecule has 0 aliphatic rings. The van der Waals surface area contributed by atoms with Gasteiger partial charge in [0.25, 0.3) is 0 Å². The number of nitrogens with one attached hydrogen (secondary N) is 3. The van der Waals surface area contributed by atoms with Crippen LogP contribution in [0.2, 0.25) is 0 Å². The van der Waals surface area contributed by atoms with E-state index in [4.69, 9.17) is 5.11 Å². The molecule has 0 spiro atoms. The van der Waals surface area contributed by atoms with Gasteiger partial charge in [0.1, 0.15) is 0 Å². The number of rotatable bonds is 10. The van der Waals surface area contributed by atoms with Crippen LogP contribution in [0.4, 0.5) is 4.79 Å². The van der Waals surface area contributed by atoms with Gasteiger partial charge in [-0.15, -0.1) is 0 Å². The minimum atomic E-state index is -0.802. The van der Waals surface area contributed by atoms with E-state index in [-0.39, 0.29) is 24.9 Å². The van der Waals surface area contributed by atoms with Crippen LogP contribution < -0.4 is 16.0 Å². The molecular formula is C12H23N3O4. The number of hydrogen-bond acceptors (Lipinski definition) is 3. The van der Waals surface area contributed by atoms with Crippen molar-refractivity contribution in [3.05, 3.63) is 0 Å². The third-order valence-corrected chi connectivity index (χ3v) is 2.33. The van der Waals surface area contributed by atoms with Crippen molar-refractivity contribution >= 4 is 17.9 Å². The van der Waals surface area contributed by atoms with Gasteiger partial charge in [-0.2, -0.15) is 0 Å². The van der Waals surface area contributed by atoms with Gasteiger partial charge in [-0.05, 0) is 19.3 Å². The Kier molecular flexibility index (Phi) is 10.2. The maximum atomic E-state index is 11.3. The molecule has 7 nitrogen and oxygen atoms in total. The van der Waals surface area contributed by atoms with E-state index in [1.807, 2.05) is 6.92 Å². The van der Waals surface area contributed by atoms with Gasteiger partial charge in [-0.1, -0.05) is 13.3 Å². The van der Waals surface area contributed by atoms with E-state index >= 15 is 0 Å². The molecule has 0 atom stereocenters. The number of carbonyl (C=O) groups is 3. The molecule has 0 saturated heterocycles. The summed E-state index contributed by atoms with van der Waals surface area (Å²) in [5.41, 5.74) is 0. The van der Waals surface area contributed by atoms with E-state index in [0.717, 1.165) is 19.3 Å². The Hall–Kier alpha value is -1.79. The Balaban J connectivity index is 3.39. The number of urea groups is 1. The lowest BCUT2D eigenvalue weighted by Crippen LogP contribution is -2.42. The van der Waals surface area contributed by atoms with Gasteiger partial charge in [0.05, 0.1) is 6.54 Å². The topological polar surface area (TPSA) is 108 Å². The number of carboxylic acids is 1. The summed E-state index contributed by atoms with van der Waals surface area (Å²) in [5.74, 6) is -1.01. The molecule has 19 heavy (non-hydrogen) atoms. The molecule has 0 heterocycles. The molecule has 0 aliphatic carbocycles. The molecule has 110 valence electrons. The fourth-order valence-corrected chi connectivity index (χ4v) is 1.33. The van der Waals surface area contributed by atoms with E-state index in [2.05, 4.69) is 16.0 Å². The van der Waals surface area contributed by atoms with Crippen LogP contribution in [0.25, 0.3) is 0 Å². The van der Waals surface area contributed by atoms with Crippen LogP contribution in [-0.4, -0.2) is 42.6 Å². The minimum absolute atomic E-state index is 0.0369. The van der Waals surface area contributed by atoms with Gasteiger partial charge in [0, 0.05) is 19.5 Å². The zero-order chi connectivity index (χ0) is 14.5. The highest BCUT2D eigenvalue weighted by molar-refractivity contribution is 5.83. The summed E-state index contributed by atoms with van der Waals surface area (Å²) in [5, 5.41) is 16.1. The molecule has 0 saturated carbocycles. The van der Waals surface area contributed by atoms with E-state index in [1.165, 1.54) is 0 Å². The highest BCUT2D eigenvalue weighted by Gasteiger charge is 2.03. The zero-order valence-corrected chi connectivity index (χ0v) is 11.3. The van der Waals surface area contributed by atoms with Crippen LogP contribution >= 0.6 is 0 Å². The molecule has 0 rings (SSSR count). The third kappa shape index (κ3) is 12.5. The second kappa shape index (κ2) is 11.3. The number of amides is 3. The van der Waals surface area contributed by atoms with Crippen LogP contribution in [0.1, 0.15) is 39.0 Å². The Morgan fingerprint density at radius 3 is 2.32 bits per heavy atom. The van der Waals surface area contributed by atoms with Crippen molar-refractivity contribution in [1.82, 2.24) is 16.0 Å². The summed E-state index contributed by atoms with van der Waals surface area (Å²) in [6.45, 7) is 2.99. The van der Waals surface area contributed by atoms with Gasteiger partial charge in [-0.3, -0.25) is 9.59 Å². The molecule has 3 amide bonds. The lowest BCUT2D eigenvalue weighted by atomic mass is 10.2. The van der Waals surface area contributed by atoms with E-state index < -0.39 is 5.97 Å². The average Bonchev–Trinajstić information content (AvgIpc) is 2.37. The number of hydrogen-bond donors (Lipinski definition) is 4. The Bertz CT molecular complexity index is 295. The van der Waals surface area contributed by atoms with Gasteiger partial charge >= 0.3 is 12.0 Å². The van der Waals surface area contributed by atoms with Crippen LogP contribution in [0.3, 0.4) is 0 Å². The average molecular weight is 273 g/mol. The summed E-state index contributed by atoms with van der Waals surface area (Å²) in [6, 6.07) is -0.384. The van der Waals surface area contributed by atoms with Crippen LogP contribution in [-0.2, 0) is 9.59 Å². The summed E-state index contributed by atoms with van der Waals surface area (Å²) < 4.78 is 0. The summed E-state index contributed by atoms with van der Waals surface area (Å²) >= 11 is 0. The molecule has 4 N–H and O–H groups in total. The number of unbranched alkanes of at least 4 members (excludes halogenated alkanes) is 2. The van der Waals surface area contributed by atoms with Gasteiger partial charge in [0.15, 0.2) is 0 Å². The van der Waals surface area contributed by atoms with Crippen molar-refractivity contribution in [2.45, 2.75) is 39.0 Å².